The quantitative estimate of drug-likeness (QED) is 0.939. The molecule has 0 saturated carbocycles. The van der Waals surface area contributed by atoms with Crippen molar-refractivity contribution in [2.45, 2.75) is 19.6 Å². The lowest BCUT2D eigenvalue weighted by Crippen LogP contribution is -2.08. The molecule has 6 heteroatoms. The molecule has 1 heterocycles. The van der Waals surface area contributed by atoms with Gasteiger partial charge in [-0.05, 0) is 13.0 Å². The Morgan fingerprint density at radius 2 is 2.26 bits per heavy atom. The van der Waals surface area contributed by atoms with Crippen LogP contribution in [0.1, 0.15) is 24.4 Å². The molecule has 102 valence electrons. The van der Waals surface area contributed by atoms with Gasteiger partial charge in [0.2, 0.25) is 0 Å². The normalized spacial score (nSPS) is 12.5. The lowest BCUT2D eigenvalue weighted by Gasteiger charge is -2.10. The Morgan fingerprint density at radius 1 is 1.53 bits per heavy atom. The molecule has 1 unspecified atom stereocenters. The Labute approximate surface area is 116 Å². The number of imidazole rings is 1. The van der Waals surface area contributed by atoms with Gasteiger partial charge in [0.1, 0.15) is 29.2 Å². The molecule has 2 rings (SSSR count). The number of hydrogen-bond donors (Lipinski definition) is 1. The van der Waals surface area contributed by atoms with Gasteiger partial charge in [0, 0.05) is 24.7 Å². The average Bonchev–Trinajstić information content (AvgIpc) is 2.67. The summed E-state index contributed by atoms with van der Waals surface area (Å²) in [5, 5.41) is 0.525. The number of nitrogens with two attached hydrogens (primary N) is 1. The summed E-state index contributed by atoms with van der Waals surface area (Å²) in [6.45, 7) is 1.95. The van der Waals surface area contributed by atoms with E-state index in [1.54, 1.807) is 36.9 Å². The van der Waals surface area contributed by atoms with Crippen LogP contribution in [0.2, 0.25) is 5.15 Å². The first-order chi connectivity index (χ1) is 8.99. The first-order valence-corrected chi connectivity index (χ1v) is 6.20. The fourth-order valence-corrected chi connectivity index (χ4v) is 1.82. The maximum Gasteiger partial charge on any atom is 0.147 e. The van der Waals surface area contributed by atoms with Gasteiger partial charge in [0.05, 0.1) is 6.20 Å². The molecule has 1 aromatic heterocycles. The molecular formula is C13H15ClFN3O. The Balaban J connectivity index is 2.08. The minimum absolute atomic E-state index is 0.222. The Bertz CT molecular complexity index is 583. The second-order valence-electron chi connectivity index (χ2n) is 4.32. The van der Waals surface area contributed by atoms with Gasteiger partial charge in [-0.1, -0.05) is 17.7 Å². The third-order valence-corrected chi connectivity index (χ3v) is 3.21. The molecule has 0 aliphatic heterocycles. The largest absolute Gasteiger partial charge is 0.486 e. The van der Waals surface area contributed by atoms with Crippen LogP contribution in [-0.2, 0) is 13.7 Å². The second kappa shape index (κ2) is 5.59. The Kier molecular flexibility index (Phi) is 4.07. The fourth-order valence-electron chi connectivity index (χ4n) is 1.67. The highest BCUT2D eigenvalue weighted by molar-refractivity contribution is 6.29. The summed E-state index contributed by atoms with van der Waals surface area (Å²) in [6, 6.07) is 4.29. The van der Waals surface area contributed by atoms with Crippen molar-refractivity contribution in [3.8, 4) is 5.75 Å². The van der Waals surface area contributed by atoms with Crippen LogP contribution in [0.5, 0.6) is 5.75 Å². The smallest absolute Gasteiger partial charge is 0.147 e. The molecule has 1 aromatic carbocycles. The van der Waals surface area contributed by atoms with E-state index in [0.717, 1.165) is 0 Å². The Morgan fingerprint density at radius 3 is 2.79 bits per heavy atom. The number of ether oxygens (including phenoxy) is 1. The number of nitrogens with zero attached hydrogens (tertiary/aromatic N) is 2. The highest BCUT2D eigenvalue weighted by atomic mass is 35.5. The van der Waals surface area contributed by atoms with Crippen LogP contribution in [0.15, 0.2) is 24.4 Å². The van der Waals surface area contributed by atoms with E-state index < -0.39 is 0 Å². The molecule has 19 heavy (non-hydrogen) atoms. The summed E-state index contributed by atoms with van der Waals surface area (Å²) >= 11 is 5.86. The minimum atomic E-state index is -0.370. The molecule has 0 aliphatic carbocycles. The summed E-state index contributed by atoms with van der Waals surface area (Å²) < 4.78 is 20.9. The first kappa shape index (κ1) is 13.8. The number of benzene rings is 1. The zero-order valence-corrected chi connectivity index (χ0v) is 11.5. The molecule has 0 spiro atoms. The van der Waals surface area contributed by atoms with E-state index in [-0.39, 0.29) is 18.5 Å². The third kappa shape index (κ3) is 3.05. The summed E-state index contributed by atoms with van der Waals surface area (Å²) in [7, 11) is 1.79. The van der Waals surface area contributed by atoms with Crippen LogP contribution in [-0.4, -0.2) is 9.55 Å². The van der Waals surface area contributed by atoms with Gasteiger partial charge in [-0.3, -0.25) is 0 Å². The highest BCUT2D eigenvalue weighted by Gasteiger charge is 2.09. The molecule has 0 fully saturated rings. The van der Waals surface area contributed by atoms with Gasteiger partial charge >= 0.3 is 0 Å². The maximum absolute atomic E-state index is 13.7. The van der Waals surface area contributed by atoms with Crippen molar-refractivity contribution in [1.29, 1.82) is 0 Å². The minimum Gasteiger partial charge on any atom is -0.486 e. The summed E-state index contributed by atoms with van der Waals surface area (Å²) in [5.41, 5.74) is 6.11. The van der Waals surface area contributed by atoms with Crippen LogP contribution in [0, 0.1) is 5.82 Å². The molecule has 4 nitrogen and oxygen atoms in total. The van der Waals surface area contributed by atoms with E-state index in [1.807, 2.05) is 0 Å². The van der Waals surface area contributed by atoms with E-state index in [9.17, 15) is 4.39 Å². The van der Waals surface area contributed by atoms with Crippen LogP contribution in [0.25, 0.3) is 0 Å². The van der Waals surface area contributed by atoms with E-state index in [0.29, 0.717) is 22.3 Å². The SMILES string of the molecule is CC(N)c1ccc(OCc2ncc(Cl)n2C)cc1F. The van der Waals surface area contributed by atoms with E-state index in [4.69, 9.17) is 22.1 Å². The first-order valence-electron chi connectivity index (χ1n) is 5.83. The summed E-state index contributed by atoms with van der Waals surface area (Å²) in [4.78, 5) is 4.09. The van der Waals surface area contributed by atoms with Crippen LogP contribution in [0.3, 0.4) is 0 Å². The number of hydrogen-bond acceptors (Lipinski definition) is 3. The lowest BCUT2D eigenvalue weighted by atomic mass is 10.1. The van der Waals surface area contributed by atoms with Crippen molar-refractivity contribution in [2.75, 3.05) is 0 Å². The second-order valence-corrected chi connectivity index (χ2v) is 4.70. The third-order valence-electron chi connectivity index (χ3n) is 2.86. The van der Waals surface area contributed by atoms with Crippen molar-refractivity contribution in [3.05, 3.63) is 46.8 Å². The standard InChI is InChI=1S/C13H15ClFN3O/c1-8(16)10-4-3-9(5-11(10)15)19-7-13-17-6-12(14)18(13)2/h3-6,8H,7,16H2,1-2H3. The lowest BCUT2D eigenvalue weighted by molar-refractivity contribution is 0.290. The van der Waals surface area contributed by atoms with Gasteiger partial charge in [0.15, 0.2) is 0 Å². The molecule has 1 atom stereocenters. The van der Waals surface area contributed by atoms with E-state index >= 15 is 0 Å². The van der Waals surface area contributed by atoms with Gasteiger partial charge in [-0.2, -0.15) is 0 Å². The molecular weight excluding hydrogens is 269 g/mol. The topological polar surface area (TPSA) is 53.1 Å². The van der Waals surface area contributed by atoms with Gasteiger partial charge in [0.25, 0.3) is 0 Å². The number of rotatable bonds is 4. The van der Waals surface area contributed by atoms with E-state index in [2.05, 4.69) is 4.98 Å². The Hall–Kier alpha value is -1.59. The van der Waals surface area contributed by atoms with Crippen molar-refractivity contribution >= 4 is 11.6 Å². The molecule has 0 aliphatic rings. The van der Waals surface area contributed by atoms with Crippen molar-refractivity contribution in [1.82, 2.24) is 9.55 Å². The zero-order chi connectivity index (χ0) is 14.0. The molecule has 2 aromatic rings. The molecule has 0 amide bonds. The molecule has 0 radical (unpaired) electrons. The molecule has 0 saturated heterocycles. The summed E-state index contributed by atoms with van der Waals surface area (Å²) in [6.07, 6.45) is 1.54. The predicted molar refractivity (Wildman–Crippen MR) is 71.6 cm³/mol. The molecule has 0 bridgehead atoms. The predicted octanol–water partition coefficient (Wildman–Crippen LogP) is 2.81. The molecule has 2 N–H and O–H groups in total. The highest BCUT2D eigenvalue weighted by Crippen LogP contribution is 2.21. The maximum atomic E-state index is 13.7. The summed E-state index contributed by atoms with van der Waals surface area (Å²) in [5.74, 6) is 0.730. The van der Waals surface area contributed by atoms with E-state index in [1.165, 1.54) is 6.07 Å². The number of halogens is 2. The van der Waals surface area contributed by atoms with Crippen LogP contribution >= 0.6 is 11.6 Å². The fraction of sp³-hybridized carbons (Fsp3) is 0.308. The monoisotopic (exact) mass is 283 g/mol. The van der Waals surface area contributed by atoms with Crippen molar-refractivity contribution in [2.24, 2.45) is 12.8 Å². The average molecular weight is 284 g/mol. The van der Waals surface area contributed by atoms with Gasteiger partial charge in [-0.15, -0.1) is 0 Å². The van der Waals surface area contributed by atoms with Crippen LogP contribution < -0.4 is 10.5 Å². The van der Waals surface area contributed by atoms with Crippen molar-refractivity contribution in [3.63, 3.8) is 0 Å². The van der Waals surface area contributed by atoms with Gasteiger partial charge in [-0.25, -0.2) is 9.37 Å². The van der Waals surface area contributed by atoms with Gasteiger partial charge < -0.3 is 15.0 Å². The van der Waals surface area contributed by atoms with Crippen molar-refractivity contribution < 1.29 is 9.13 Å². The van der Waals surface area contributed by atoms with Crippen LogP contribution in [0.4, 0.5) is 4.39 Å². The zero-order valence-electron chi connectivity index (χ0n) is 10.7. The number of aromatic nitrogens is 2.